The van der Waals surface area contributed by atoms with Crippen LogP contribution in [0.2, 0.25) is 0 Å². The number of hydrogen-bond acceptors (Lipinski definition) is 0. The van der Waals surface area contributed by atoms with E-state index in [1.165, 1.54) is 14.7 Å². The van der Waals surface area contributed by atoms with Crippen molar-refractivity contribution in [1.29, 1.82) is 0 Å². The van der Waals surface area contributed by atoms with Gasteiger partial charge >= 0.3 is 0 Å². The van der Waals surface area contributed by atoms with Gasteiger partial charge in [-0.2, -0.15) is 0 Å². The third-order valence-electron chi connectivity index (χ3n) is 3.31. The maximum atomic E-state index is 3.82. The summed E-state index contributed by atoms with van der Waals surface area (Å²) in [5.74, 6) is 0. The lowest BCUT2D eigenvalue weighted by Crippen LogP contribution is -3.00. The van der Waals surface area contributed by atoms with Crippen LogP contribution in [-0.4, -0.2) is 0 Å². The lowest BCUT2D eigenvalue weighted by atomic mass is 10.2. The van der Waals surface area contributed by atoms with E-state index in [1.54, 1.807) is 0 Å². The monoisotopic (exact) mass is 368 g/mol. The predicted octanol–water partition coefficient (Wildman–Crippen LogP) is 2.43. The van der Waals surface area contributed by atoms with Crippen molar-refractivity contribution < 1.29 is 17.0 Å². The molecule has 0 saturated carbocycles. The van der Waals surface area contributed by atoms with E-state index in [1.807, 2.05) is 6.08 Å². The minimum absolute atomic E-state index is 0. The summed E-state index contributed by atoms with van der Waals surface area (Å²) in [4.78, 5) is 4.02. The first-order chi connectivity index (χ1) is 10.4. The fraction of sp³-hybridized carbons (Fsp3) is 0. The number of halogens is 1. The summed E-state index contributed by atoms with van der Waals surface area (Å²) in [7, 11) is -0.0592. The van der Waals surface area contributed by atoms with Gasteiger partial charge in [0.05, 0.1) is 10.9 Å². The fourth-order valence-corrected chi connectivity index (χ4v) is 4.34. The second-order valence-corrected chi connectivity index (χ2v) is 6.73. The molecule has 3 aromatic rings. The minimum atomic E-state index is -0.0592. The zero-order valence-electron chi connectivity index (χ0n) is 12.2. The quantitative estimate of drug-likeness (QED) is 0.620. The lowest BCUT2D eigenvalue weighted by Gasteiger charge is -2.08. The molecule has 3 aromatic carbocycles. The van der Waals surface area contributed by atoms with Crippen LogP contribution in [0.1, 0.15) is 5.56 Å². The average molecular weight is 369 g/mol. The Bertz CT molecular complexity index is 666. The molecule has 0 amide bonds. The highest BCUT2D eigenvalue weighted by atomic mass is 79.9. The van der Waals surface area contributed by atoms with E-state index < -0.39 is 0 Å². The van der Waals surface area contributed by atoms with Gasteiger partial charge in [-0.15, -0.1) is 0 Å². The fourth-order valence-electron chi connectivity index (χ4n) is 2.26. The summed E-state index contributed by atoms with van der Waals surface area (Å²) in [5, 5.41) is 0. The van der Waals surface area contributed by atoms with Crippen LogP contribution in [-0.2, 0) is 10.9 Å². The van der Waals surface area contributed by atoms with E-state index in [2.05, 4.69) is 91.5 Å². The van der Waals surface area contributed by atoms with E-state index in [9.17, 15) is 0 Å². The first-order valence-electron chi connectivity index (χ1n) is 6.95. The Labute approximate surface area is 145 Å². The Kier molecular flexibility index (Phi) is 6.05. The Balaban J connectivity index is 0.00000176. The second kappa shape index (κ2) is 8.02. The van der Waals surface area contributed by atoms with Crippen LogP contribution < -0.4 is 17.0 Å². The van der Waals surface area contributed by atoms with E-state index in [0.717, 1.165) is 5.56 Å². The molecule has 0 unspecified atom stereocenters. The van der Waals surface area contributed by atoms with Crippen LogP contribution in [0, 0.1) is 0 Å². The molecule has 0 bridgehead atoms. The van der Waals surface area contributed by atoms with E-state index in [-0.39, 0.29) is 27.9 Å². The lowest BCUT2D eigenvalue weighted by molar-refractivity contribution is -0.00000409. The summed E-state index contributed by atoms with van der Waals surface area (Å²) in [6.45, 7) is 3.82. The van der Waals surface area contributed by atoms with Gasteiger partial charge in [0.25, 0.3) is 0 Å². The third kappa shape index (κ3) is 3.70. The highest BCUT2D eigenvalue weighted by Gasteiger charge is 2.27. The Morgan fingerprint density at radius 3 is 1.41 bits per heavy atom. The molecule has 0 radical (unpaired) electrons. The zero-order valence-corrected chi connectivity index (χ0v) is 14.6. The highest BCUT2D eigenvalue weighted by molar-refractivity contribution is 7.97. The standard InChI is InChI=1S/C20H17S.BrH/c1-2-17-13-15-20(16-14-17)21(18-9-5-3-6-10-18)19-11-7-4-8-12-19;/h2-16H,1H2;1H/q+1;/p-1. The van der Waals surface area contributed by atoms with Gasteiger partial charge < -0.3 is 17.0 Å². The summed E-state index contributed by atoms with van der Waals surface area (Å²) < 4.78 is 0. The molecule has 22 heavy (non-hydrogen) atoms. The van der Waals surface area contributed by atoms with E-state index >= 15 is 0 Å². The van der Waals surface area contributed by atoms with Crippen LogP contribution in [0.3, 0.4) is 0 Å². The van der Waals surface area contributed by atoms with Crippen molar-refractivity contribution in [2.45, 2.75) is 14.7 Å². The minimum Gasteiger partial charge on any atom is -1.00 e. The van der Waals surface area contributed by atoms with Crippen molar-refractivity contribution in [3.8, 4) is 0 Å². The number of benzene rings is 3. The van der Waals surface area contributed by atoms with Crippen molar-refractivity contribution in [3.63, 3.8) is 0 Å². The summed E-state index contributed by atoms with van der Waals surface area (Å²) >= 11 is 0. The van der Waals surface area contributed by atoms with E-state index in [4.69, 9.17) is 0 Å². The van der Waals surface area contributed by atoms with Gasteiger partial charge in [0.2, 0.25) is 0 Å². The Hall–Kier alpha value is -1.77. The molecular weight excluding hydrogens is 352 g/mol. The van der Waals surface area contributed by atoms with Gasteiger partial charge in [0.15, 0.2) is 14.7 Å². The van der Waals surface area contributed by atoms with Gasteiger partial charge in [0.1, 0.15) is 0 Å². The summed E-state index contributed by atoms with van der Waals surface area (Å²) in [6, 6.07) is 30.1. The molecular formula is C20H17BrS. The van der Waals surface area contributed by atoms with Crippen LogP contribution in [0.4, 0.5) is 0 Å². The van der Waals surface area contributed by atoms with E-state index in [0.29, 0.717) is 0 Å². The van der Waals surface area contributed by atoms with Crippen LogP contribution in [0.5, 0.6) is 0 Å². The van der Waals surface area contributed by atoms with Gasteiger partial charge in [-0.3, -0.25) is 0 Å². The second-order valence-electron chi connectivity index (χ2n) is 4.71. The molecule has 0 N–H and O–H groups in total. The van der Waals surface area contributed by atoms with Gasteiger partial charge in [-0.1, -0.05) is 49.1 Å². The molecule has 0 aromatic heterocycles. The van der Waals surface area contributed by atoms with Crippen LogP contribution in [0.15, 0.2) is 106 Å². The van der Waals surface area contributed by atoms with Gasteiger partial charge in [-0.25, -0.2) is 0 Å². The zero-order chi connectivity index (χ0) is 14.5. The van der Waals surface area contributed by atoms with Crippen molar-refractivity contribution in [1.82, 2.24) is 0 Å². The first kappa shape index (κ1) is 16.6. The molecule has 0 spiro atoms. The molecule has 0 aliphatic carbocycles. The maximum Gasteiger partial charge on any atom is 0.166 e. The maximum absolute atomic E-state index is 3.82. The third-order valence-corrected chi connectivity index (χ3v) is 5.54. The number of hydrogen-bond donors (Lipinski definition) is 0. The molecule has 0 fully saturated rings. The van der Waals surface area contributed by atoms with Gasteiger partial charge in [-0.05, 0) is 54.1 Å². The molecule has 0 heterocycles. The van der Waals surface area contributed by atoms with Crippen molar-refractivity contribution in [3.05, 3.63) is 97.1 Å². The largest absolute Gasteiger partial charge is 1.00 e. The van der Waals surface area contributed by atoms with Crippen molar-refractivity contribution in [2.24, 2.45) is 0 Å². The van der Waals surface area contributed by atoms with Crippen LogP contribution >= 0.6 is 0 Å². The average Bonchev–Trinajstić information content (AvgIpc) is 2.58. The SMILES string of the molecule is C=Cc1ccc([S+](c2ccccc2)c2ccccc2)cc1.[Br-]. The smallest absolute Gasteiger partial charge is 0.166 e. The molecule has 0 aliphatic heterocycles. The topological polar surface area (TPSA) is 0 Å². The predicted molar refractivity (Wildman–Crippen MR) is 91.6 cm³/mol. The van der Waals surface area contributed by atoms with Crippen molar-refractivity contribution in [2.75, 3.05) is 0 Å². The molecule has 0 nitrogen and oxygen atoms in total. The Morgan fingerprint density at radius 1 is 0.591 bits per heavy atom. The molecule has 0 saturated heterocycles. The first-order valence-corrected chi connectivity index (χ1v) is 8.18. The summed E-state index contributed by atoms with van der Waals surface area (Å²) in [6.07, 6.45) is 1.88. The molecule has 110 valence electrons. The molecule has 2 heteroatoms. The summed E-state index contributed by atoms with van der Waals surface area (Å²) in [5.41, 5.74) is 1.16. The van der Waals surface area contributed by atoms with Crippen LogP contribution in [0.25, 0.3) is 6.08 Å². The highest BCUT2D eigenvalue weighted by Crippen LogP contribution is 2.30. The molecule has 0 aliphatic rings. The normalized spacial score (nSPS) is 10.0. The Morgan fingerprint density at radius 2 is 1.00 bits per heavy atom. The van der Waals surface area contributed by atoms with Gasteiger partial charge in [0, 0.05) is 0 Å². The molecule has 3 rings (SSSR count). The van der Waals surface area contributed by atoms with Crippen molar-refractivity contribution >= 4 is 17.0 Å². The molecule has 0 atom stereocenters. The number of rotatable bonds is 4.